The molecule has 0 bridgehead atoms. The van der Waals surface area contributed by atoms with E-state index >= 15 is 0 Å². The predicted octanol–water partition coefficient (Wildman–Crippen LogP) is 0.641. The van der Waals surface area contributed by atoms with Crippen molar-refractivity contribution in [2.45, 2.75) is 38.8 Å². The molecule has 1 amide bonds. The van der Waals surface area contributed by atoms with Crippen LogP contribution in [0.15, 0.2) is 0 Å². The van der Waals surface area contributed by atoms with Gasteiger partial charge in [-0.2, -0.15) is 0 Å². The van der Waals surface area contributed by atoms with Crippen LogP contribution < -0.4 is 5.32 Å². The molecule has 0 aromatic heterocycles. The smallest absolute Gasteiger partial charge is 0.407 e. The summed E-state index contributed by atoms with van der Waals surface area (Å²) >= 11 is 0. The van der Waals surface area contributed by atoms with Crippen LogP contribution in [0.4, 0.5) is 4.79 Å². The van der Waals surface area contributed by atoms with Crippen molar-refractivity contribution in [3.8, 4) is 0 Å². The highest BCUT2D eigenvalue weighted by Gasteiger charge is 2.19. The summed E-state index contributed by atoms with van der Waals surface area (Å²) in [5.41, 5.74) is -0.558. The van der Waals surface area contributed by atoms with Crippen LogP contribution in [0.25, 0.3) is 0 Å². The maximum atomic E-state index is 11.4. The Labute approximate surface area is 99.0 Å². The minimum Gasteiger partial charge on any atom is -0.444 e. The molecule has 0 aliphatic heterocycles. The molecule has 0 fully saturated rings. The molecular formula is C10H21NO4S. The zero-order chi connectivity index (χ0) is 12.8. The van der Waals surface area contributed by atoms with Crippen LogP contribution in [-0.2, 0) is 15.5 Å². The van der Waals surface area contributed by atoms with Crippen molar-refractivity contribution in [3.63, 3.8) is 0 Å². The Kier molecular flexibility index (Phi) is 6.59. The third kappa shape index (κ3) is 8.67. The van der Waals surface area contributed by atoms with Crippen LogP contribution in [0.1, 0.15) is 27.2 Å². The normalized spacial score (nSPS) is 15.3. The van der Waals surface area contributed by atoms with Crippen molar-refractivity contribution in [1.82, 2.24) is 5.32 Å². The molecular weight excluding hydrogens is 230 g/mol. The summed E-state index contributed by atoms with van der Waals surface area (Å²) in [6.45, 7) is 5.11. The van der Waals surface area contributed by atoms with E-state index in [1.807, 2.05) is 0 Å². The summed E-state index contributed by atoms with van der Waals surface area (Å²) in [7, 11) is -0.925. The van der Waals surface area contributed by atoms with Gasteiger partial charge >= 0.3 is 6.09 Å². The minimum absolute atomic E-state index is 0.184. The lowest BCUT2D eigenvalue weighted by atomic mass is 10.2. The molecule has 0 aromatic carbocycles. The van der Waals surface area contributed by atoms with Gasteiger partial charge in [0, 0.05) is 22.8 Å². The average molecular weight is 251 g/mol. The Morgan fingerprint density at radius 1 is 1.50 bits per heavy atom. The van der Waals surface area contributed by atoms with E-state index in [4.69, 9.17) is 9.84 Å². The van der Waals surface area contributed by atoms with Gasteiger partial charge in [0.25, 0.3) is 0 Å². The fourth-order valence-corrected chi connectivity index (χ4v) is 1.61. The van der Waals surface area contributed by atoms with Crippen molar-refractivity contribution in [2.75, 3.05) is 18.6 Å². The van der Waals surface area contributed by atoms with Gasteiger partial charge in [0.15, 0.2) is 0 Å². The number of amides is 1. The second-order valence-corrected chi connectivity index (χ2v) is 6.15. The first-order valence-corrected chi connectivity index (χ1v) is 6.87. The Morgan fingerprint density at radius 2 is 2.06 bits per heavy atom. The number of aliphatic hydroxyl groups is 1. The van der Waals surface area contributed by atoms with Gasteiger partial charge in [0.05, 0.1) is 12.6 Å². The molecule has 0 heterocycles. The lowest BCUT2D eigenvalue weighted by Gasteiger charge is -2.22. The van der Waals surface area contributed by atoms with E-state index in [1.165, 1.54) is 0 Å². The van der Waals surface area contributed by atoms with Gasteiger partial charge in [-0.05, 0) is 27.2 Å². The number of nitrogens with one attached hydrogen (secondary N) is 1. The molecule has 0 spiro atoms. The van der Waals surface area contributed by atoms with Gasteiger partial charge in [-0.1, -0.05) is 0 Å². The largest absolute Gasteiger partial charge is 0.444 e. The van der Waals surface area contributed by atoms with E-state index in [1.54, 1.807) is 27.0 Å². The maximum absolute atomic E-state index is 11.4. The highest BCUT2D eigenvalue weighted by Crippen LogP contribution is 2.07. The highest BCUT2D eigenvalue weighted by atomic mass is 32.2. The zero-order valence-corrected chi connectivity index (χ0v) is 11.1. The predicted molar refractivity (Wildman–Crippen MR) is 63.8 cm³/mol. The van der Waals surface area contributed by atoms with E-state index in [0.29, 0.717) is 12.2 Å². The molecule has 2 N–H and O–H groups in total. The molecule has 0 radical (unpaired) electrons. The van der Waals surface area contributed by atoms with Gasteiger partial charge in [0.2, 0.25) is 0 Å². The summed E-state index contributed by atoms with van der Waals surface area (Å²) in [5, 5.41) is 11.5. The van der Waals surface area contributed by atoms with Gasteiger partial charge < -0.3 is 15.2 Å². The first-order valence-electron chi connectivity index (χ1n) is 5.15. The highest BCUT2D eigenvalue weighted by molar-refractivity contribution is 7.84. The molecule has 16 heavy (non-hydrogen) atoms. The SMILES string of the molecule is CS(=O)CC[C@@H](CO)NC(=O)OC(C)(C)C. The number of hydrogen-bond donors (Lipinski definition) is 2. The Hall–Kier alpha value is -0.620. The van der Waals surface area contributed by atoms with Crippen molar-refractivity contribution >= 4 is 16.9 Å². The topological polar surface area (TPSA) is 75.6 Å². The molecule has 0 aliphatic carbocycles. The Balaban J connectivity index is 4.02. The van der Waals surface area contributed by atoms with Crippen LogP contribution in [0.3, 0.4) is 0 Å². The first kappa shape index (κ1) is 15.4. The number of ether oxygens (including phenoxy) is 1. The van der Waals surface area contributed by atoms with Gasteiger partial charge in [-0.3, -0.25) is 4.21 Å². The van der Waals surface area contributed by atoms with Gasteiger partial charge in [-0.15, -0.1) is 0 Å². The van der Waals surface area contributed by atoms with Crippen LogP contribution >= 0.6 is 0 Å². The summed E-state index contributed by atoms with van der Waals surface area (Å²) in [4.78, 5) is 11.4. The lowest BCUT2D eigenvalue weighted by Crippen LogP contribution is -2.41. The second kappa shape index (κ2) is 6.85. The number of carbonyl (C=O) groups is 1. The van der Waals surface area contributed by atoms with Crippen LogP contribution in [-0.4, -0.2) is 45.7 Å². The number of aliphatic hydroxyl groups excluding tert-OH is 1. The van der Waals surface area contributed by atoms with Crippen molar-refractivity contribution in [1.29, 1.82) is 0 Å². The molecule has 0 rings (SSSR count). The van der Waals surface area contributed by atoms with Gasteiger partial charge in [-0.25, -0.2) is 4.79 Å². The molecule has 0 saturated carbocycles. The average Bonchev–Trinajstić information content (AvgIpc) is 2.08. The van der Waals surface area contributed by atoms with Gasteiger partial charge in [0.1, 0.15) is 5.60 Å². The third-order valence-electron chi connectivity index (χ3n) is 1.70. The van der Waals surface area contributed by atoms with Crippen molar-refractivity contribution in [2.24, 2.45) is 0 Å². The number of alkyl carbamates (subject to hydrolysis) is 1. The maximum Gasteiger partial charge on any atom is 0.407 e. The molecule has 5 nitrogen and oxygen atoms in total. The molecule has 0 saturated heterocycles. The summed E-state index contributed by atoms with van der Waals surface area (Å²) in [5.74, 6) is 0.445. The van der Waals surface area contributed by atoms with Crippen LogP contribution in [0, 0.1) is 0 Å². The summed E-state index contributed by atoms with van der Waals surface area (Å²) in [6, 6.07) is -0.404. The van der Waals surface area contributed by atoms with Crippen LogP contribution in [0.2, 0.25) is 0 Å². The number of carbonyl (C=O) groups excluding carboxylic acids is 1. The molecule has 0 aromatic rings. The van der Waals surface area contributed by atoms with E-state index in [0.717, 1.165) is 0 Å². The first-order chi connectivity index (χ1) is 7.24. The molecule has 96 valence electrons. The minimum atomic E-state index is -0.925. The zero-order valence-electron chi connectivity index (χ0n) is 10.3. The number of rotatable bonds is 5. The fraction of sp³-hybridized carbons (Fsp3) is 0.900. The third-order valence-corrected chi connectivity index (χ3v) is 2.51. The molecule has 1 unspecified atom stereocenters. The second-order valence-electron chi connectivity index (χ2n) is 4.59. The number of hydrogen-bond acceptors (Lipinski definition) is 4. The van der Waals surface area contributed by atoms with Crippen LogP contribution in [0.5, 0.6) is 0 Å². The Morgan fingerprint density at radius 3 is 2.44 bits per heavy atom. The molecule has 6 heteroatoms. The monoisotopic (exact) mass is 251 g/mol. The Bertz CT molecular complexity index is 250. The lowest BCUT2D eigenvalue weighted by molar-refractivity contribution is 0.0481. The summed E-state index contributed by atoms with van der Waals surface area (Å²) in [6.07, 6.45) is 1.49. The van der Waals surface area contributed by atoms with Crippen molar-refractivity contribution in [3.05, 3.63) is 0 Å². The summed E-state index contributed by atoms with van der Waals surface area (Å²) < 4.78 is 15.9. The van der Waals surface area contributed by atoms with E-state index < -0.39 is 28.5 Å². The van der Waals surface area contributed by atoms with E-state index in [9.17, 15) is 9.00 Å². The fourth-order valence-electron chi connectivity index (χ4n) is 0.992. The molecule has 0 aliphatic rings. The van der Waals surface area contributed by atoms with E-state index in [-0.39, 0.29) is 6.61 Å². The quantitative estimate of drug-likeness (QED) is 0.752. The standard InChI is InChI=1S/C10H21NO4S/c1-10(2,3)15-9(13)11-8(7-12)5-6-16(4)14/h8,12H,5-7H2,1-4H3,(H,11,13)/t8-,16?/m0/s1. The molecule has 2 atom stereocenters. The van der Waals surface area contributed by atoms with E-state index in [2.05, 4.69) is 5.32 Å². The van der Waals surface area contributed by atoms with Crippen molar-refractivity contribution < 1.29 is 18.8 Å².